The molecule has 4 nitrogen and oxygen atoms in total. The van der Waals surface area contributed by atoms with Crippen LogP contribution in [0.2, 0.25) is 0 Å². The maximum atomic E-state index is 11.2. The van der Waals surface area contributed by atoms with Gasteiger partial charge < -0.3 is 14.8 Å². The van der Waals surface area contributed by atoms with Crippen molar-refractivity contribution in [3.8, 4) is 0 Å². The van der Waals surface area contributed by atoms with Crippen LogP contribution in [0.5, 0.6) is 0 Å². The van der Waals surface area contributed by atoms with E-state index in [1.165, 1.54) is 48.6 Å². The molecule has 0 aromatic heterocycles. The third-order valence-electron chi connectivity index (χ3n) is 7.46. The largest absolute Gasteiger partial charge is 0.469 e. The van der Waals surface area contributed by atoms with Crippen LogP contribution in [0.1, 0.15) is 88.2 Å². The SMILES string of the molecule is COC(=O)CCCC/C=C/c1ccccc1[C@@H](C)OC[C@H](C)CNC(C)(C)CC1Cc2ccccc2C1. The lowest BCUT2D eigenvalue weighted by Gasteiger charge is -2.31. The van der Waals surface area contributed by atoms with Crippen molar-refractivity contribution in [2.75, 3.05) is 20.3 Å². The van der Waals surface area contributed by atoms with Crippen LogP contribution < -0.4 is 5.32 Å². The molecule has 2 atom stereocenters. The highest BCUT2D eigenvalue weighted by atomic mass is 16.5. The second-order valence-corrected chi connectivity index (χ2v) is 11.4. The summed E-state index contributed by atoms with van der Waals surface area (Å²) >= 11 is 0. The highest BCUT2D eigenvalue weighted by Gasteiger charge is 2.28. The minimum absolute atomic E-state index is 0.0348. The van der Waals surface area contributed by atoms with Crippen molar-refractivity contribution in [1.82, 2.24) is 5.32 Å². The number of rotatable bonds is 15. The average Bonchev–Trinajstić information content (AvgIpc) is 3.29. The smallest absolute Gasteiger partial charge is 0.305 e. The summed E-state index contributed by atoms with van der Waals surface area (Å²) in [4.78, 5) is 11.2. The first-order chi connectivity index (χ1) is 17.8. The van der Waals surface area contributed by atoms with E-state index < -0.39 is 0 Å². The van der Waals surface area contributed by atoms with E-state index in [0.717, 1.165) is 38.3 Å². The van der Waals surface area contributed by atoms with Crippen LogP contribution in [0, 0.1) is 11.8 Å². The second kappa shape index (κ2) is 14.5. The van der Waals surface area contributed by atoms with E-state index in [2.05, 4.69) is 93.7 Å². The lowest BCUT2D eigenvalue weighted by molar-refractivity contribution is -0.140. The Balaban J connectivity index is 1.39. The Hall–Kier alpha value is -2.43. The summed E-state index contributed by atoms with van der Waals surface area (Å²) in [5.74, 6) is 1.02. The Morgan fingerprint density at radius 1 is 1.05 bits per heavy atom. The molecule has 0 unspecified atom stereocenters. The van der Waals surface area contributed by atoms with Crippen LogP contribution in [0.3, 0.4) is 0 Å². The summed E-state index contributed by atoms with van der Waals surface area (Å²) in [6.45, 7) is 10.8. The highest BCUT2D eigenvalue weighted by Crippen LogP contribution is 2.32. The van der Waals surface area contributed by atoms with Gasteiger partial charge in [-0.25, -0.2) is 0 Å². The van der Waals surface area contributed by atoms with E-state index in [9.17, 15) is 4.79 Å². The van der Waals surface area contributed by atoms with Gasteiger partial charge in [0.25, 0.3) is 0 Å². The monoisotopic (exact) mass is 505 g/mol. The number of nitrogens with one attached hydrogen (secondary N) is 1. The van der Waals surface area contributed by atoms with Crippen LogP contribution in [-0.4, -0.2) is 31.8 Å². The zero-order valence-electron chi connectivity index (χ0n) is 23.6. The second-order valence-electron chi connectivity index (χ2n) is 11.4. The molecule has 1 aliphatic carbocycles. The topological polar surface area (TPSA) is 47.6 Å². The first kappa shape index (κ1) is 29.1. The van der Waals surface area contributed by atoms with Gasteiger partial charge in [0.2, 0.25) is 0 Å². The van der Waals surface area contributed by atoms with Crippen molar-refractivity contribution in [3.63, 3.8) is 0 Å². The van der Waals surface area contributed by atoms with Crippen LogP contribution >= 0.6 is 0 Å². The number of unbranched alkanes of at least 4 members (excludes halogenated alkanes) is 2. The molecule has 0 bridgehead atoms. The molecule has 3 rings (SSSR count). The van der Waals surface area contributed by atoms with Crippen LogP contribution in [0.4, 0.5) is 0 Å². The van der Waals surface area contributed by atoms with Gasteiger partial charge in [0.15, 0.2) is 0 Å². The molecule has 0 aliphatic heterocycles. The minimum Gasteiger partial charge on any atom is -0.469 e. The van der Waals surface area contributed by atoms with Crippen LogP contribution in [0.15, 0.2) is 54.6 Å². The summed E-state index contributed by atoms with van der Waals surface area (Å²) in [5.41, 5.74) is 5.60. The molecule has 202 valence electrons. The van der Waals surface area contributed by atoms with Gasteiger partial charge in [-0.2, -0.15) is 0 Å². The van der Waals surface area contributed by atoms with Gasteiger partial charge in [0, 0.05) is 18.5 Å². The number of carbonyl (C=O) groups is 1. The van der Waals surface area contributed by atoms with Crippen molar-refractivity contribution in [2.24, 2.45) is 11.8 Å². The normalized spacial score (nSPS) is 15.6. The van der Waals surface area contributed by atoms with Gasteiger partial charge in [-0.3, -0.25) is 4.79 Å². The predicted molar refractivity (Wildman–Crippen MR) is 154 cm³/mol. The fourth-order valence-electron chi connectivity index (χ4n) is 5.37. The lowest BCUT2D eigenvalue weighted by Crippen LogP contribution is -2.43. The van der Waals surface area contributed by atoms with Gasteiger partial charge in [-0.05, 0) is 93.4 Å². The standard InChI is InChI=1S/C33H47NO3/c1-25(23-34-33(3,4)22-27-20-29-16-10-11-17-30(29)21-27)24-37-26(2)31-18-13-12-15-28(31)14-8-6-7-9-19-32(35)36-5/h8,10-18,25-27,34H,6-7,9,19-24H2,1-5H3/b14-8+/t25-,26-/m1/s1. The van der Waals surface area contributed by atoms with Crippen molar-refractivity contribution < 1.29 is 14.3 Å². The number of carbonyl (C=O) groups excluding carboxylic acids is 1. The van der Waals surface area contributed by atoms with Gasteiger partial charge in [-0.1, -0.05) is 67.6 Å². The third kappa shape index (κ3) is 9.75. The van der Waals surface area contributed by atoms with Gasteiger partial charge >= 0.3 is 5.97 Å². The Morgan fingerprint density at radius 2 is 1.73 bits per heavy atom. The summed E-state index contributed by atoms with van der Waals surface area (Å²) in [7, 11) is 1.44. The van der Waals surface area contributed by atoms with Gasteiger partial charge in [0.1, 0.15) is 0 Å². The molecule has 0 saturated carbocycles. The Bertz CT molecular complexity index is 987. The Kier molecular flexibility index (Phi) is 11.4. The number of ether oxygens (including phenoxy) is 2. The zero-order chi connectivity index (χ0) is 26.7. The molecular weight excluding hydrogens is 458 g/mol. The Morgan fingerprint density at radius 3 is 2.43 bits per heavy atom. The van der Waals surface area contributed by atoms with E-state index in [4.69, 9.17) is 9.47 Å². The van der Waals surface area contributed by atoms with E-state index in [0.29, 0.717) is 12.3 Å². The maximum absolute atomic E-state index is 11.2. The fraction of sp³-hybridized carbons (Fsp3) is 0.545. The van der Waals surface area contributed by atoms with Crippen molar-refractivity contribution in [3.05, 3.63) is 76.9 Å². The molecule has 4 heteroatoms. The molecule has 0 spiro atoms. The predicted octanol–water partition coefficient (Wildman–Crippen LogP) is 7.32. The maximum Gasteiger partial charge on any atom is 0.305 e. The molecule has 0 amide bonds. The number of benzene rings is 2. The molecule has 0 radical (unpaired) electrons. The highest BCUT2D eigenvalue weighted by molar-refractivity contribution is 5.69. The third-order valence-corrected chi connectivity index (χ3v) is 7.46. The van der Waals surface area contributed by atoms with E-state index in [-0.39, 0.29) is 17.6 Å². The number of methoxy groups -OCH3 is 1. The zero-order valence-corrected chi connectivity index (χ0v) is 23.6. The number of allylic oxidation sites excluding steroid dienone is 1. The van der Waals surface area contributed by atoms with Crippen molar-refractivity contribution in [2.45, 2.75) is 84.3 Å². The number of esters is 1. The summed E-state index contributed by atoms with van der Waals surface area (Å²) in [6.07, 6.45) is 11.3. The van der Waals surface area contributed by atoms with Gasteiger partial charge in [-0.15, -0.1) is 0 Å². The van der Waals surface area contributed by atoms with Gasteiger partial charge in [0.05, 0.1) is 19.8 Å². The average molecular weight is 506 g/mol. The summed E-state index contributed by atoms with van der Waals surface area (Å²) < 4.78 is 11.0. The molecule has 0 saturated heterocycles. The van der Waals surface area contributed by atoms with E-state index in [1.807, 2.05) is 0 Å². The molecule has 1 N–H and O–H groups in total. The summed E-state index contributed by atoms with van der Waals surface area (Å²) in [5, 5.41) is 3.82. The molecule has 0 fully saturated rings. The molecule has 2 aromatic carbocycles. The van der Waals surface area contributed by atoms with E-state index >= 15 is 0 Å². The lowest BCUT2D eigenvalue weighted by atomic mass is 9.88. The number of hydrogen-bond acceptors (Lipinski definition) is 4. The summed E-state index contributed by atoms with van der Waals surface area (Å²) in [6, 6.07) is 17.4. The molecule has 37 heavy (non-hydrogen) atoms. The number of hydrogen-bond donors (Lipinski definition) is 1. The van der Waals surface area contributed by atoms with Crippen LogP contribution in [0.25, 0.3) is 6.08 Å². The fourth-order valence-corrected chi connectivity index (χ4v) is 5.37. The van der Waals surface area contributed by atoms with Crippen LogP contribution in [-0.2, 0) is 27.1 Å². The number of fused-ring (bicyclic) bond motifs is 1. The first-order valence-corrected chi connectivity index (χ1v) is 14.0. The van der Waals surface area contributed by atoms with Crippen molar-refractivity contribution >= 4 is 12.0 Å². The molecule has 1 aliphatic rings. The first-order valence-electron chi connectivity index (χ1n) is 14.0. The van der Waals surface area contributed by atoms with Crippen molar-refractivity contribution in [1.29, 1.82) is 0 Å². The Labute approximate surface area is 224 Å². The van der Waals surface area contributed by atoms with E-state index in [1.54, 1.807) is 0 Å². The minimum atomic E-state index is -0.131. The quantitative estimate of drug-likeness (QED) is 0.203. The molecule has 0 heterocycles. The molecule has 2 aromatic rings. The molecular formula is C33H47NO3.